The van der Waals surface area contributed by atoms with E-state index in [1.54, 1.807) is 15.9 Å². The summed E-state index contributed by atoms with van der Waals surface area (Å²) in [6.07, 6.45) is 5.08. The minimum atomic E-state index is -1.31. The van der Waals surface area contributed by atoms with Crippen LogP contribution in [0.25, 0.3) is 21.3 Å². The first-order chi connectivity index (χ1) is 15.7. The number of ether oxygens (including phenoxy) is 1. The van der Waals surface area contributed by atoms with Gasteiger partial charge in [0.05, 0.1) is 23.6 Å². The lowest BCUT2D eigenvalue weighted by molar-refractivity contribution is 0.0694. The summed E-state index contributed by atoms with van der Waals surface area (Å²) in [7, 11) is 3.42. The molecule has 0 amide bonds. The van der Waals surface area contributed by atoms with Gasteiger partial charge in [0.1, 0.15) is 11.4 Å². The van der Waals surface area contributed by atoms with E-state index in [4.69, 9.17) is 4.74 Å². The quantitative estimate of drug-likeness (QED) is 0.540. The number of nitrogens with zero attached hydrogens (tertiary/aromatic N) is 1. The van der Waals surface area contributed by atoms with Crippen molar-refractivity contribution in [2.24, 2.45) is 5.41 Å². The number of fused-ring (bicyclic) bond motifs is 2. The average molecular weight is 471 g/mol. The van der Waals surface area contributed by atoms with Crippen molar-refractivity contribution < 1.29 is 19.0 Å². The third kappa shape index (κ3) is 3.38. The highest BCUT2D eigenvalue weighted by molar-refractivity contribution is 7.15. The number of thiophene rings is 1. The van der Waals surface area contributed by atoms with Crippen LogP contribution in [0, 0.1) is 11.2 Å². The fourth-order valence-corrected chi connectivity index (χ4v) is 6.74. The van der Waals surface area contributed by atoms with Crippen LogP contribution in [0.5, 0.6) is 5.75 Å². The van der Waals surface area contributed by atoms with Gasteiger partial charge in [-0.05, 0) is 55.8 Å². The van der Waals surface area contributed by atoms with Crippen molar-refractivity contribution in [1.82, 2.24) is 9.88 Å². The Bertz CT molecular complexity index is 1350. The second-order valence-electron chi connectivity index (χ2n) is 9.69. The Morgan fingerprint density at radius 1 is 1.33 bits per heavy atom. The van der Waals surface area contributed by atoms with E-state index >= 15 is 4.39 Å². The Labute approximate surface area is 195 Å². The van der Waals surface area contributed by atoms with E-state index in [2.05, 4.69) is 19.2 Å². The summed E-state index contributed by atoms with van der Waals surface area (Å²) in [5.74, 6) is -1.61. The molecule has 2 aromatic heterocycles. The van der Waals surface area contributed by atoms with Crippen LogP contribution in [-0.4, -0.2) is 29.8 Å². The van der Waals surface area contributed by atoms with Crippen LogP contribution in [0.1, 0.15) is 66.0 Å². The third-order valence-corrected chi connectivity index (χ3v) is 8.32. The molecule has 0 saturated heterocycles. The molecule has 1 unspecified atom stereocenters. The second-order valence-corrected chi connectivity index (χ2v) is 10.8. The highest BCUT2D eigenvalue weighted by Crippen LogP contribution is 2.51. The van der Waals surface area contributed by atoms with E-state index in [-0.39, 0.29) is 34.2 Å². The Balaban J connectivity index is 1.79. The number of nitrogens with one attached hydrogen (secondary N) is 1. The van der Waals surface area contributed by atoms with Gasteiger partial charge >= 0.3 is 5.97 Å². The molecule has 6 nitrogen and oxygen atoms in total. The summed E-state index contributed by atoms with van der Waals surface area (Å²) >= 11 is 1.55. The molecule has 174 valence electrons. The normalized spacial score (nSPS) is 19.5. The molecular weight excluding hydrogens is 443 g/mol. The van der Waals surface area contributed by atoms with E-state index in [1.165, 1.54) is 29.8 Å². The third-order valence-electron chi connectivity index (χ3n) is 7.06. The van der Waals surface area contributed by atoms with Gasteiger partial charge in [0.25, 0.3) is 0 Å². The van der Waals surface area contributed by atoms with Crippen molar-refractivity contribution in [3.05, 3.63) is 50.4 Å². The summed E-state index contributed by atoms with van der Waals surface area (Å²) in [6.45, 7) is 4.48. The predicted octanol–water partition coefficient (Wildman–Crippen LogP) is 5.14. The average Bonchev–Trinajstić information content (AvgIpc) is 3.52. The number of carbonyl (C=O) groups is 1. The van der Waals surface area contributed by atoms with E-state index in [9.17, 15) is 14.7 Å². The van der Waals surface area contributed by atoms with Crippen LogP contribution in [0.2, 0.25) is 0 Å². The number of rotatable bonds is 5. The zero-order chi connectivity index (χ0) is 23.7. The van der Waals surface area contributed by atoms with Gasteiger partial charge in [0, 0.05) is 28.0 Å². The van der Waals surface area contributed by atoms with E-state index < -0.39 is 17.2 Å². The Morgan fingerprint density at radius 3 is 2.67 bits per heavy atom. The molecule has 2 aliphatic rings. The molecule has 33 heavy (non-hydrogen) atoms. The topological polar surface area (TPSA) is 80.6 Å². The van der Waals surface area contributed by atoms with Gasteiger partial charge in [-0.2, -0.15) is 0 Å². The van der Waals surface area contributed by atoms with Gasteiger partial charge in [-0.15, -0.1) is 11.3 Å². The molecule has 1 atom stereocenters. The molecule has 2 heterocycles. The maximum Gasteiger partial charge on any atom is 0.341 e. The summed E-state index contributed by atoms with van der Waals surface area (Å²) in [5.41, 5.74) is 1.03. The predicted molar refractivity (Wildman–Crippen MR) is 127 cm³/mol. The molecule has 2 N–H and O–H groups in total. The number of hydrogen-bond donors (Lipinski definition) is 2. The summed E-state index contributed by atoms with van der Waals surface area (Å²) in [5, 5.41) is 13.0. The first kappa shape index (κ1) is 22.1. The molecule has 1 aromatic carbocycles. The van der Waals surface area contributed by atoms with Crippen molar-refractivity contribution in [3.63, 3.8) is 0 Å². The van der Waals surface area contributed by atoms with Crippen molar-refractivity contribution in [1.29, 1.82) is 0 Å². The van der Waals surface area contributed by atoms with Gasteiger partial charge < -0.3 is 19.7 Å². The van der Waals surface area contributed by atoms with Crippen molar-refractivity contribution >= 4 is 28.2 Å². The lowest BCUT2D eigenvalue weighted by Gasteiger charge is -2.38. The molecule has 2 aliphatic carbocycles. The summed E-state index contributed by atoms with van der Waals surface area (Å²) in [6, 6.07) is 3.46. The highest BCUT2D eigenvalue weighted by atomic mass is 32.1. The van der Waals surface area contributed by atoms with E-state index in [0.717, 1.165) is 30.6 Å². The Morgan fingerprint density at radius 2 is 2.06 bits per heavy atom. The monoisotopic (exact) mass is 470 g/mol. The minimum absolute atomic E-state index is 0.0375. The SMILES string of the molecule is CNC1c2sc(-c3c(F)cc4c(=O)c(C(=O)O)cn(C5CC5)c4c3OC)cc2CCC1(C)C. The Kier molecular flexibility index (Phi) is 5.14. The van der Waals surface area contributed by atoms with Gasteiger partial charge in [-0.1, -0.05) is 13.8 Å². The minimum Gasteiger partial charge on any atom is -0.494 e. The number of aromatic carboxylic acids is 1. The molecule has 0 bridgehead atoms. The van der Waals surface area contributed by atoms with Gasteiger partial charge in [0.15, 0.2) is 5.75 Å². The molecule has 0 spiro atoms. The number of benzene rings is 1. The fourth-order valence-electron chi connectivity index (χ4n) is 5.16. The smallest absolute Gasteiger partial charge is 0.341 e. The molecule has 8 heteroatoms. The van der Waals surface area contributed by atoms with Crippen LogP contribution in [0.3, 0.4) is 0 Å². The van der Waals surface area contributed by atoms with Gasteiger partial charge in [-0.3, -0.25) is 4.79 Å². The molecular formula is C25H27FN2O4S. The number of pyridine rings is 1. The Hall–Kier alpha value is -2.71. The molecule has 5 rings (SSSR count). The van der Waals surface area contributed by atoms with Crippen molar-refractivity contribution in [3.8, 4) is 16.2 Å². The lowest BCUT2D eigenvalue weighted by atomic mass is 9.73. The molecule has 1 fully saturated rings. The number of aryl methyl sites for hydroxylation is 1. The van der Waals surface area contributed by atoms with Gasteiger partial charge in [-0.25, -0.2) is 9.18 Å². The number of hydrogen-bond acceptors (Lipinski definition) is 5. The zero-order valence-corrected chi connectivity index (χ0v) is 19.9. The van der Waals surface area contributed by atoms with Crippen LogP contribution in [0.4, 0.5) is 4.39 Å². The van der Waals surface area contributed by atoms with E-state index in [0.29, 0.717) is 11.1 Å². The molecule has 3 aromatic rings. The first-order valence-corrected chi connectivity index (χ1v) is 12.0. The zero-order valence-electron chi connectivity index (χ0n) is 19.1. The molecule has 1 saturated carbocycles. The van der Waals surface area contributed by atoms with Gasteiger partial charge in [0.2, 0.25) is 5.43 Å². The summed E-state index contributed by atoms with van der Waals surface area (Å²) in [4.78, 5) is 26.5. The summed E-state index contributed by atoms with van der Waals surface area (Å²) < 4.78 is 23.1. The number of carboxylic acid groups (broad SMARTS) is 1. The first-order valence-electron chi connectivity index (χ1n) is 11.2. The molecule has 0 aliphatic heterocycles. The lowest BCUT2D eigenvalue weighted by Crippen LogP contribution is -2.35. The number of methoxy groups -OCH3 is 1. The van der Waals surface area contributed by atoms with Crippen molar-refractivity contribution in [2.45, 2.75) is 51.6 Å². The van der Waals surface area contributed by atoms with Crippen LogP contribution < -0.4 is 15.5 Å². The van der Waals surface area contributed by atoms with E-state index in [1.807, 2.05) is 13.1 Å². The fraction of sp³-hybridized carbons (Fsp3) is 0.440. The van der Waals surface area contributed by atoms with Crippen LogP contribution in [0.15, 0.2) is 23.1 Å². The molecule has 0 radical (unpaired) electrons. The number of aromatic nitrogens is 1. The number of halogens is 1. The highest BCUT2D eigenvalue weighted by Gasteiger charge is 2.37. The van der Waals surface area contributed by atoms with Crippen LogP contribution in [-0.2, 0) is 6.42 Å². The standard InChI is InChI=1S/C25H27FN2O4S/c1-25(2)8-7-12-9-17(33-22(12)23(25)27-3)18-16(26)10-14-19(21(18)32-4)28(13-5-6-13)11-15(20(14)29)24(30)31/h9-11,13,23,27H,5-8H2,1-4H3,(H,30,31). The maximum absolute atomic E-state index is 15.6. The van der Waals surface area contributed by atoms with Crippen LogP contribution >= 0.6 is 11.3 Å². The van der Waals surface area contributed by atoms with Crippen molar-refractivity contribution in [2.75, 3.05) is 14.2 Å². The maximum atomic E-state index is 15.6. The second kappa shape index (κ2) is 7.67. The largest absolute Gasteiger partial charge is 0.494 e. The number of carboxylic acids is 1.